The summed E-state index contributed by atoms with van der Waals surface area (Å²) in [6, 6.07) is 8.05. The van der Waals surface area contributed by atoms with Crippen LogP contribution in [0, 0.1) is 13.8 Å². The molecular weight excluding hydrogens is 290 g/mol. The molecule has 0 saturated carbocycles. The van der Waals surface area contributed by atoms with Gasteiger partial charge in [-0.3, -0.25) is 4.68 Å². The molecule has 0 radical (unpaired) electrons. The van der Waals surface area contributed by atoms with Crippen molar-refractivity contribution in [2.24, 2.45) is 7.05 Å². The summed E-state index contributed by atoms with van der Waals surface area (Å²) in [6.45, 7) is 4.68. The van der Waals surface area contributed by atoms with Crippen LogP contribution in [-0.4, -0.2) is 33.9 Å². The van der Waals surface area contributed by atoms with E-state index in [2.05, 4.69) is 32.1 Å². The van der Waals surface area contributed by atoms with Crippen LogP contribution in [0.2, 0.25) is 0 Å². The zero-order valence-corrected chi connectivity index (χ0v) is 14.2. The Bertz CT molecular complexity index is 838. The molecule has 0 aliphatic carbocycles. The van der Waals surface area contributed by atoms with E-state index in [0.717, 1.165) is 40.7 Å². The van der Waals surface area contributed by atoms with E-state index in [1.165, 1.54) is 5.56 Å². The average Bonchev–Trinajstić information content (AvgIpc) is 2.82. The molecule has 6 heteroatoms. The van der Waals surface area contributed by atoms with E-state index in [1.807, 2.05) is 44.8 Å². The second kappa shape index (κ2) is 5.87. The molecule has 3 rings (SSSR count). The Morgan fingerprint density at radius 1 is 1.09 bits per heavy atom. The lowest BCUT2D eigenvalue weighted by Crippen LogP contribution is -2.19. The number of methoxy groups -OCH3 is 1. The van der Waals surface area contributed by atoms with Crippen molar-refractivity contribution in [2.75, 3.05) is 19.1 Å². The molecule has 23 heavy (non-hydrogen) atoms. The summed E-state index contributed by atoms with van der Waals surface area (Å²) in [5, 5.41) is 4.57. The molecule has 0 fully saturated rings. The number of hydrogen-bond acceptors (Lipinski definition) is 5. The molecule has 6 nitrogen and oxygen atoms in total. The van der Waals surface area contributed by atoms with Gasteiger partial charge in [0.25, 0.3) is 0 Å². The summed E-state index contributed by atoms with van der Waals surface area (Å²) in [5.41, 5.74) is 3.98. The van der Waals surface area contributed by atoms with Gasteiger partial charge in [-0.1, -0.05) is 12.1 Å². The van der Waals surface area contributed by atoms with Crippen molar-refractivity contribution < 1.29 is 4.74 Å². The topological polar surface area (TPSA) is 56.1 Å². The SMILES string of the molecule is COc1ccc(CN(C)c2nc(C)nc3c(C)n(C)nc23)cc1. The highest BCUT2D eigenvalue weighted by atomic mass is 16.5. The number of fused-ring (bicyclic) bond motifs is 1. The molecule has 0 amide bonds. The fourth-order valence-electron chi connectivity index (χ4n) is 2.62. The van der Waals surface area contributed by atoms with Crippen LogP contribution >= 0.6 is 0 Å². The van der Waals surface area contributed by atoms with Crippen molar-refractivity contribution in [1.29, 1.82) is 0 Å². The van der Waals surface area contributed by atoms with Gasteiger partial charge in [-0.05, 0) is 31.5 Å². The van der Waals surface area contributed by atoms with Crippen molar-refractivity contribution in [3.63, 3.8) is 0 Å². The number of aryl methyl sites for hydroxylation is 3. The first-order valence-electron chi connectivity index (χ1n) is 7.51. The van der Waals surface area contributed by atoms with Crippen molar-refractivity contribution in [3.8, 4) is 5.75 Å². The maximum absolute atomic E-state index is 5.20. The summed E-state index contributed by atoms with van der Waals surface area (Å²) >= 11 is 0. The van der Waals surface area contributed by atoms with Gasteiger partial charge in [0, 0.05) is 20.6 Å². The quantitative estimate of drug-likeness (QED) is 0.741. The van der Waals surface area contributed by atoms with Gasteiger partial charge in [-0.25, -0.2) is 9.97 Å². The molecule has 0 unspecified atom stereocenters. The summed E-state index contributed by atoms with van der Waals surface area (Å²) in [4.78, 5) is 11.2. The normalized spacial score (nSPS) is 11.0. The molecule has 0 spiro atoms. The lowest BCUT2D eigenvalue weighted by molar-refractivity contribution is 0.414. The Kier molecular flexibility index (Phi) is 3.90. The smallest absolute Gasteiger partial charge is 0.160 e. The molecule has 0 atom stereocenters. The molecular formula is C17H21N5O. The number of benzene rings is 1. The van der Waals surface area contributed by atoms with Crippen LogP contribution in [0.5, 0.6) is 5.75 Å². The van der Waals surface area contributed by atoms with Crippen LogP contribution in [0.1, 0.15) is 17.1 Å². The van der Waals surface area contributed by atoms with Crippen LogP contribution < -0.4 is 9.64 Å². The molecule has 0 N–H and O–H groups in total. The number of rotatable bonds is 4. The minimum absolute atomic E-state index is 0.741. The van der Waals surface area contributed by atoms with Crippen molar-refractivity contribution >= 4 is 16.9 Å². The standard InChI is InChI=1S/C17H21N5O/c1-11-15-16(20-22(11)4)17(19-12(2)18-15)21(3)10-13-6-8-14(23-5)9-7-13/h6-9H,10H2,1-5H3. The number of aromatic nitrogens is 4. The Labute approximate surface area is 135 Å². The third kappa shape index (κ3) is 2.84. The summed E-state index contributed by atoms with van der Waals surface area (Å²) in [5.74, 6) is 2.47. The van der Waals surface area contributed by atoms with E-state index in [-0.39, 0.29) is 0 Å². The first-order chi connectivity index (χ1) is 11.0. The van der Waals surface area contributed by atoms with E-state index in [0.29, 0.717) is 0 Å². The number of anilines is 1. The van der Waals surface area contributed by atoms with Gasteiger partial charge in [0.05, 0.1) is 12.8 Å². The number of nitrogens with zero attached hydrogens (tertiary/aromatic N) is 5. The average molecular weight is 311 g/mol. The number of hydrogen-bond donors (Lipinski definition) is 0. The predicted molar refractivity (Wildman–Crippen MR) is 90.9 cm³/mol. The first-order valence-corrected chi connectivity index (χ1v) is 7.51. The van der Waals surface area contributed by atoms with E-state index in [9.17, 15) is 0 Å². The molecule has 1 aromatic carbocycles. The van der Waals surface area contributed by atoms with Gasteiger partial charge >= 0.3 is 0 Å². The van der Waals surface area contributed by atoms with Crippen molar-refractivity contribution in [1.82, 2.24) is 19.7 Å². The molecule has 0 aliphatic heterocycles. The second-order valence-electron chi connectivity index (χ2n) is 5.70. The third-order valence-corrected chi connectivity index (χ3v) is 4.00. The largest absolute Gasteiger partial charge is 0.497 e. The van der Waals surface area contributed by atoms with Crippen LogP contribution in [0.15, 0.2) is 24.3 Å². The molecule has 2 heterocycles. The second-order valence-corrected chi connectivity index (χ2v) is 5.70. The summed E-state index contributed by atoms with van der Waals surface area (Å²) < 4.78 is 7.05. The lowest BCUT2D eigenvalue weighted by Gasteiger charge is -2.19. The van der Waals surface area contributed by atoms with Gasteiger partial charge in [0.15, 0.2) is 11.3 Å². The van der Waals surface area contributed by atoms with Gasteiger partial charge in [-0.15, -0.1) is 0 Å². The zero-order chi connectivity index (χ0) is 16.6. The van der Waals surface area contributed by atoms with Crippen molar-refractivity contribution in [3.05, 3.63) is 41.3 Å². The van der Waals surface area contributed by atoms with E-state index in [1.54, 1.807) is 7.11 Å². The molecule has 3 aromatic rings. The summed E-state index contributed by atoms with van der Waals surface area (Å²) in [6.07, 6.45) is 0. The van der Waals surface area contributed by atoms with Crippen LogP contribution in [0.4, 0.5) is 5.82 Å². The van der Waals surface area contributed by atoms with Gasteiger partial charge in [0.1, 0.15) is 17.1 Å². The van der Waals surface area contributed by atoms with Gasteiger partial charge in [0.2, 0.25) is 0 Å². The van der Waals surface area contributed by atoms with Gasteiger partial charge < -0.3 is 9.64 Å². The first kappa shape index (κ1) is 15.3. The van der Waals surface area contributed by atoms with Crippen LogP contribution in [-0.2, 0) is 13.6 Å². The minimum atomic E-state index is 0.741. The predicted octanol–water partition coefficient (Wildman–Crippen LogP) is 2.63. The Hall–Kier alpha value is -2.63. The lowest BCUT2D eigenvalue weighted by atomic mass is 10.2. The minimum Gasteiger partial charge on any atom is -0.497 e. The molecule has 0 saturated heterocycles. The molecule has 120 valence electrons. The van der Waals surface area contributed by atoms with E-state index in [4.69, 9.17) is 4.74 Å². The van der Waals surface area contributed by atoms with Crippen molar-refractivity contribution in [2.45, 2.75) is 20.4 Å². The maximum Gasteiger partial charge on any atom is 0.160 e. The van der Waals surface area contributed by atoms with Gasteiger partial charge in [-0.2, -0.15) is 5.10 Å². The fourth-order valence-corrected chi connectivity index (χ4v) is 2.62. The molecule has 0 bridgehead atoms. The Morgan fingerprint density at radius 3 is 2.43 bits per heavy atom. The van der Waals surface area contributed by atoms with E-state index < -0.39 is 0 Å². The van der Waals surface area contributed by atoms with E-state index >= 15 is 0 Å². The highest BCUT2D eigenvalue weighted by Gasteiger charge is 2.16. The molecule has 2 aromatic heterocycles. The number of ether oxygens (including phenoxy) is 1. The van der Waals surface area contributed by atoms with Crippen LogP contribution in [0.3, 0.4) is 0 Å². The monoisotopic (exact) mass is 311 g/mol. The van der Waals surface area contributed by atoms with Crippen LogP contribution in [0.25, 0.3) is 11.0 Å². The zero-order valence-electron chi connectivity index (χ0n) is 14.2. The summed E-state index contributed by atoms with van der Waals surface area (Å²) in [7, 11) is 5.62. The molecule has 0 aliphatic rings. The maximum atomic E-state index is 5.20. The Balaban J connectivity index is 1.96. The fraction of sp³-hybridized carbons (Fsp3) is 0.353. The highest BCUT2D eigenvalue weighted by Crippen LogP contribution is 2.25. The third-order valence-electron chi connectivity index (χ3n) is 4.00. The highest BCUT2D eigenvalue weighted by molar-refractivity contribution is 5.87. The Morgan fingerprint density at radius 2 is 1.78 bits per heavy atom.